The van der Waals surface area contributed by atoms with Crippen LogP contribution in [0.3, 0.4) is 0 Å². The molecule has 0 bridgehead atoms. The van der Waals surface area contributed by atoms with Gasteiger partial charge in [-0.1, -0.05) is 12.1 Å². The summed E-state index contributed by atoms with van der Waals surface area (Å²) in [5.41, 5.74) is 3.84. The van der Waals surface area contributed by atoms with E-state index in [1.807, 2.05) is 26.0 Å². The van der Waals surface area contributed by atoms with Gasteiger partial charge in [0.15, 0.2) is 5.78 Å². The van der Waals surface area contributed by atoms with Crippen LogP contribution in [0.5, 0.6) is 5.75 Å². The number of carbonyl (C=O) groups excluding carboxylic acids is 1. The second kappa shape index (κ2) is 4.74. The van der Waals surface area contributed by atoms with E-state index in [4.69, 9.17) is 4.74 Å². The van der Waals surface area contributed by atoms with E-state index in [0.29, 0.717) is 5.56 Å². The maximum Gasteiger partial charge on any atom is 0.192 e. The fourth-order valence-corrected chi connectivity index (χ4v) is 2.28. The first-order valence-electron chi connectivity index (χ1n) is 6.03. The molecule has 0 radical (unpaired) electrons. The van der Waals surface area contributed by atoms with Crippen molar-refractivity contribution in [2.24, 2.45) is 0 Å². The second-order valence-corrected chi connectivity index (χ2v) is 4.54. The van der Waals surface area contributed by atoms with Gasteiger partial charge in [-0.15, -0.1) is 0 Å². The highest BCUT2D eigenvalue weighted by atomic mass is 16.5. The topological polar surface area (TPSA) is 26.3 Å². The van der Waals surface area contributed by atoms with Crippen molar-refractivity contribution >= 4 is 5.78 Å². The maximum atomic E-state index is 12.3. The lowest BCUT2D eigenvalue weighted by Gasteiger charge is -2.13. The Morgan fingerprint density at radius 2 is 2.06 bits per heavy atom. The van der Waals surface area contributed by atoms with E-state index in [2.05, 4.69) is 6.08 Å². The molecule has 0 fully saturated rings. The molecule has 0 amide bonds. The molecule has 1 aromatic rings. The van der Waals surface area contributed by atoms with Gasteiger partial charge in [-0.3, -0.25) is 4.79 Å². The van der Waals surface area contributed by atoms with Gasteiger partial charge in [0.05, 0.1) is 12.7 Å². The van der Waals surface area contributed by atoms with Gasteiger partial charge >= 0.3 is 0 Å². The van der Waals surface area contributed by atoms with Gasteiger partial charge < -0.3 is 4.74 Å². The van der Waals surface area contributed by atoms with Crippen molar-refractivity contribution in [2.75, 3.05) is 7.11 Å². The molecule has 0 atom stereocenters. The zero-order valence-electron chi connectivity index (χ0n) is 10.7. The van der Waals surface area contributed by atoms with E-state index < -0.39 is 0 Å². The van der Waals surface area contributed by atoms with E-state index in [1.54, 1.807) is 7.11 Å². The molecule has 0 spiro atoms. The average Bonchev–Trinajstić information content (AvgIpc) is 2.85. The molecule has 2 nitrogen and oxygen atoms in total. The molecular weight excluding hydrogens is 212 g/mol. The summed E-state index contributed by atoms with van der Waals surface area (Å²) in [6.45, 7) is 4.02. The summed E-state index contributed by atoms with van der Waals surface area (Å²) < 4.78 is 5.39. The summed E-state index contributed by atoms with van der Waals surface area (Å²) >= 11 is 0. The van der Waals surface area contributed by atoms with Gasteiger partial charge in [0.1, 0.15) is 5.75 Å². The zero-order valence-corrected chi connectivity index (χ0v) is 10.7. The van der Waals surface area contributed by atoms with Crippen molar-refractivity contribution in [1.29, 1.82) is 0 Å². The van der Waals surface area contributed by atoms with E-state index in [9.17, 15) is 4.79 Å². The van der Waals surface area contributed by atoms with Crippen LogP contribution in [0.25, 0.3) is 0 Å². The Bertz CT molecular complexity index is 484. The minimum atomic E-state index is 0.127. The third-order valence-electron chi connectivity index (χ3n) is 3.46. The number of carbonyl (C=O) groups is 1. The normalized spacial score (nSPS) is 14.6. The van der Waals surface area contributed by atoms with E-state index in [1.165, 1.54) is 0 Å². The molecule has 1 aromatic carbocycles. The van der Waals surface area contributed by atoms with Crippen molar-refractivity contribution in [1.82, 2.24) is 0 Å². The highest BCUT2D eigenvalue weighted by Crippen LogP contribution is 2.30. The van der Waals surface area contributed by atoms with Crippen LogP contribution in [0.15, 0.2) is 23.8 Å². The molecular formula is C15H18O2. The summed E-state index contributed by atoms with van der Waals surface area (Å²) in [5.74, 6) is 0.852. The average molecular weight is 230 g/mol. The summed E-state index contributed by atoms with van der Waals surface area (Å²) in [6, 6.07) is 3.86. The van der Waals surface area contributed by atoms with Gasteiger partial charge in [0.2, 0.25) is 0 Å². The number of hydrogen-bond acceptors (Lipinski definition) is 2. The molecule has 0 unspecified atom stereocenters. The Labute approximate surface area is 102 Å². The number of benzene rings is 1. The smallest absolute Gasteiger partial charge is 0.192 e. The Kier molecular flexibility index (Phi) is 3.32. The first kappa shape index (κ1) is 11.9. The molecule has 0 saturated heterocycles. The number of ether oxygens (including phenoxy) is 1. The first-order chi connectivity index (χ1) is 8.15. The van der Waals surface area contributed by atoms with Gasteiger partial charge in [-0.05, 0) is 55.9 Å². The highest BCUT2D eigenvalue weighted by Gasteiger charge is 2.20. The zero-order chi connectivity index (χ0) is 12.4. The minimum Gasteiger partial charge on any atom is -0.496 e. The van der Waals surface area contributed by atoms with Gasteiger partial charge in [-0.2, -0.15) is 0 Å². The number of allylic oxidation sites excluding steroid dienone is 2. The second-order valence-electron chi connectivity index (χ2n) is 4.54. The Balaban J connectivity index is 2.45. The Morgan fingerprint density at radius 3 is 2.65 bits per heavy atom. The van der Waals surface area contributed by atoms with Crippen molar-refractivity contribution < 1.29 is 9.53 Å². The van der Waals surface area contributed by atoms with E-state index >= 15 is 0 Å². The van der Waals surface area contributed by atoms with Crippen LogP contribution in [0.2, 0.25) is 0 Å². The predicted octanol–water partition coefficient (Wildman–Crippen LogP) is 3.61. The molecule has 0 heterocycles. The molecule has 0 saturated carbocycles. The first-order valence-corrected chi connectivity index (χ1v) is 6.03. The molecule has 0 aliphatic heterocycles. The van der Waals surface area contributed by atoms with E-state index in [0.717, 1.165) is 41.7 Å². The number of aryl methyl sites for hydroxylation is 1. The number of rotatable bonds is 3. The van der Waals surface area contributed by atoms with Crippen LogP contribution in [0.4, 0.5) is 0 Å². The van der Waals surface area contributed by atoms with Crippen LogP contribution in [0, 0.1) is 13.8 Å². The van der Waals surface area contributed by atoms with Gasteiger partial charge in [0.25, 0.3) is 0 Å². The highest BCUT2D eigenvalue weighted by molar-refractivity contribution is 6.11. The number of Topliss-reactive ketones (excluding diaryl/α,β-unsaturated/α-hetero) is 1. The SMILES string of the molecule is COc1c(C(=O)C2=CCCC2)ccc(C)c1C. The van der Waals surface area contributed by atoms with Crippen LogP contribution in [-0.4, -0.2) is 12.9 Å². The molecule has 2 rings (SSSR count). The fourth-order valence-electron chi connectivity index (χ4n) is 2.28. The number of hydrogen-bond donors (Lipinski definition) is 0. The molecule has 1 aliphatic rings. The lowest BCUT2D eigenvalue weighted by Crippen LogP contribution is -2.06. The van der Waals surface area contributed by atoms with Gasteiger partial charge in [-0.25, -0.2) is 0 Å². The van der Waals surface area contributed by atoms with Crippen LogP contribution < -0.4 is 4.74 Å². The Hall–Kier alpha value is -1.57. The van der Waals surface area contributed by atoms with E-state index in [-0.39, 0.29) is 5.78 Å². The summed E-state index contributed by atoms with van der Waals surface area (Å²) in [5, 5.41) is 0. The van der Waals surface area contributed by atoms with Crippen molar-refractivity contribution in [2.45, 2.75) is 33.1 Å². The summed E-state index contributed by atoms with van der Waals surface area (Å²) in [4.78, 5) is 12.3. The largest absolute Gasteiger partial charge is 0.496 e. The maximum absolute atomic E-state index is 12.3. The predicted molar refractivity (Wildman–Crippen MR) is 68.7 cm³/mol. The molecule has 90 valence electrons. The summed E-state index contributed by atoms with van der Waals surface area (Å²) in [6.07, 6.45) is 5.06. The minimum absolute atomic E-state index is 0.127. The summed E-state index contributed by atoms with van der Waals surface area (Å²) in [7, 11) is 1.63. The van der Waals surface area contributed by atoms with Crippen molar-refractivity contribution in [3.05, 3.63) is 40.5 Å². The third-order valence-corrected chi connectivity index (χ3v) is 3.46. The molecule has 17 heavy (non-hydrogen) atoms. The number of ketones is 1. The van der Waals surface area contributed by atoms with Gasteiger partial charge in [0, 0.05) is 0 Å². The van der Waals surface area contributed by atoms with Crippen LogP contribution in [-0.2, 0) is 0 Å². The Morgan fingerprint density at radius 1 is 1.29 bits per heavy atom. The molecule has 1 aliphatic carbocycles. The van der Waals surface area contributed by atoms with Crippen molar-refractivity contribution in [3.8, 4) is 5.75 Å². The monoisotopic (exact) mass is 230 g/mol. The standard InChI is InChI=1S/C15H18O2/c1-10-8-9-13(15(17-3)11(10)2)14(16)12-6-4-5-7-12/h6,8-9H,4-5,7H2,1-3H3. The molecule has 2 heteroatoms. The molecule has 0 aromatic heterocycles. The lowest BCUT2D eigenvalue weighted by molar-refractivity contribution is 0.102. The number of methoxy groups -OCH3 is 1. The van der Waals surface area contributed by atoms with Crippen LogP contribution >= 0.6 is 0 Å². The van der Waals surface area contributed by atoms with Crippen LogP contribution in [0.1, 0.15) is 40.7 Å². The fraction of sp³-hybridized carbons (Fsp3) is 0.400. The quantitative estimate of drug-likeness (QED) is 0.741. The third kappa shape index (κ3) is 2.12. The molecule has 0 N–H and O–H groups in total. The van der Waals surface area contributed by atoms with Crippen molar-refractivity contribution in [3.63, 3.8) is 0 Å². The lowest BCUT2D eigenvalue weighted by atomic mass is 9.97.